The van der Waals surface area contributed by atoms with Crippen LogP contribution in [0.25, 0.3) is 10.6 Å². The lowest BCUT2D eigenvalue weighted by Crippen LogP contribution is -2.17. The fourth-order valence-corrected chi connectivity index (χ4v) is 2.77. The van der Waals surface area contributed by atoms with Gasteiger partial charge in [-0.25, -0.2) is 0 Å². The Morgan fingerprint density at radius 2 is 2.21 bits per heavy atom. The fourth-order valence-electron chi connectivity index (χ4n) is 1.90. The zero-order valence-electron chi connectivity index (χ0n) is 11.1. The number of rotatable bonds is 6. The van der Waals surface area contributed by atoms with Crippen LogP contribution in [0.15, 0.2) is 18.3 Å². The molecule has 5 heteroatoms. The van der Waals surface area contributed by atoms with E-state index in [9.17, 15) is 0 Å². The third kappa shape index (κ3) is 3.58. The normalized spacial score (nSPS) is 14.8. The zero-order valence-corrected chi connectivity index (χ0v) is 11.9. The van der Waals surface area contributed by atoms with Crippen molar-refractivity contribution in [1.29, 1.82) is 0 Å². The Kier molecular flexibility index (Phi) is 3.84. The number of hydrogen-bond acceptors (Lipinski definition) is 5. The number of aromatic nitrogens is 3. The van der Waals surface area contributed by atoms with Crippen molar-refractivity contribution in [1.82, 2.24) is 20.5 Å². The zero-order chi connectivity index (χ0) is 13.1. The summed E-state index contributed by atoms with van der Waals surface area (Å²) in [5.41, 5.74) is 2.09. The average molecular weight is 274 g/mol. The van der Waals surface area contributed by atoms with E-state index in [2.05, 4.69) is 26.6 Å². The van der Waals surface area contributed by atoms with Crippen LogP contribution in [0.3, 0.4) is 0 Å². The first-order valence-corrected chi connectivity index (χ1v) is 7.62. The molecular weight excluding hydrogens is 256 g/mol. The molecule has 3 rings (SSSR count). The van der Waals surface area contributed by atoms with Crippen LogP contribution in [-0.4, -0.2) is 27.8 Å². The lowest BCUT2D eigenvalue weighted by molar-refractivity contribution is 0.643. The standard InChI is InChI=1S/C14H18N4S/c1-10-4-5-11(9-16-10)14-18-17-13(19-14)3-2-8-15-12-6-7-12/h4-5,9,12,15H,2-3,6-8H2,1H3. The second-order valence-corrected chi connectivity index (χ2v) is 6.08. The summed E-state index contributed by atoms with van der Waals surface area (Å²) >= 11 is 1.68. The Bertz CT molecular complexity index is 531. The second-order valence-electron chi connectivity index (χ2n) is 5.02. The van der Waals surface area contributed by atoms with E-state index in [-0.39, 0.29) is 0 Å². The molecule has 0 spiro atoms. The van der Waals surface area contributed by atoms with Crippen molar-refractivity contribution in [2.24, 2.45) is 0 Å². The molecule has 0 aromatic carbocycles. The van der Waals surface area contributed by atoms with Crippen LogP contribution >= 0.6 is 11.3 Å². The predicted octanol–water partition coefficient (Wildman–Crippen LogP) is 2.59. The summed E-state index contributed by atoms with van der Waals surface area (Å²) < 4.78 is 0. The lowest BCUT2D eigenvalue weighted by Gasteiger charge is -1.99. The number of pyridine rings is 1. The molecule has 1 N–H and O–H groups in total. The summed E-state index contributed by atoms with van der Waals surface area (Å²) in [5, 5.41) is 14.1. The first-order chi connectivity index (χ1) is 9.31. The van der Waals surface area contributed by atoms with E-state index in [0.717, 1.165) is 46.7 Å². The maximum Gasteiger partial charge on any atom is 0.149 e. The average Bonchev–Trinajstić information content (AvgIpc) is 3.13. The molecule has 0 saturated heterocycles. The van der Waals surface area contributed by atoms with Gasteiger partial charge in [0.1, 0.15) is 10.0 Å². The quantitative estimate of drug-likeness (QED) is 0.823. The summed E-state index contributed by atoms with van der Waals surface area (Å²) in [5.74, 6) is 0. The molecule has 0 aliphatic heterocycles. The number of nitrogens with one attached hydrogen (secondary N) is 1. The highest BCUT2D eigenvalue weighted by Gasteiger charge is 2.19. The van der Waals surface area contributed by atoms with Gasteiger partial charge < -0.3 is 5.32 Å². The Morgan fingerprint density at radius 1 is 1.32 bits per heavy atom. The first-order valence-electron chi connectivity index (χ1n) is 6.80. The minimum Gasteiger partial charge on any atom is -0.314 e. The highest BCUT2D eigenvalue weighted by Crippen LogP contribution is 2.23. The van der Waals surface area contributed by atoms with E-state index in [0.29, 0.717) is 0 Å². The van der Waals surface area contributed by atoms with Crippen molar-refractivity contribution in [2.75, 3.05) is 6.54 Å². The molecule has 19 heavy (non-hydrogen) atoms. The van der Waals surface area contributed by atoms with Gasteiger partial charge in [0.25, 0.3) is 0 Å². The molecule has 0 atom stereocenters. The lowest BCUT2D eigenvalue weighted by atomic mass is 10.3. The predicted molar refractivity (Wildman–Crippen MR) is 77.2 cm³/mol. The van der Waals surface area contributed by atoms with Gasteiger partial charge in [-0.05, 0) is 44.9 Å². The van der Waals surface area contributed by atoms with Crippen LogP contribution in [0, 0.1) is 6.92 Å². The Labute approximate surface area is 117 Å². The molecule has 0 unspecified atom stereocenters. The highest BCUT2D eigenvalue weighted by atomic mass is 32.1. The smallest absolute Gasteiger partial charge is 0.149 e. The first kappa shape index (κ1) is 12.7. The monoisotopic (exact) mass is 274 g/mol. The molecule has 1 saturated carbocycles. The third-order valence-electron chi connectivity index (χ3n) is 3.20. The third-order valence-corrected chi connectivity index (χ3v) is 4.24. The summed E-state index contributed by atoms with van der Waals surface area (Å²) in [6, 6.07) is 4.86. The topological polar surface area (TPSA) is 50.7 Å². The molecule has 1 aliphatic rings. The van der Waals surface area contributed by atoms with Gasteiger partial charge in [0, 0.05) is 29.9 Å². The van der Waals surface area contributed by atoms with Crippen molar-refractivity contribution in [2.45, 2.75) is 38.6 Å². The molecule has 2 aromatic heterocycles. The van der Waals surface area contributed by atoms with Gasteiger partial charge in [-0.3, -0.25) is 4.98 Å². The van der Waals surface area contributed by atoms with E-state index in [4.69, 9.17) is 0 Å². The van der Waals surface area contributed by atoms with Crippen LogP contribution < -0.4 is 5.32 Å². The summed E-state index contributed by atoms with van der Waals surface area (Å²) in [7, 11) is 0. The molecule has 1 fully saturated rings. The Morgan fingerprint density at radius 3 is 2.95 bits per heavy atom. The van der Waals surface area contributed by atoms with E-state index >= 15 is 0 Å². The van der Waals surface area contributed by atoms with E-state index in [1.807, 2.05) is 19.2 Å². The summed E-state index contributed by atoms with van der Waals surface area (Å²) in [4.78, 5) is 4.30. The maximum atomic E-state index is 4.30. The number of hydrogen-bond donors (Lipinski definition) is 1. The fraction of sp³-hybridized carbons (Fsp3) is 0.500. The Hall–Kier alpha value is -1.33. The number of nitrogens with zero attached hydrogens (tertiary/aromatic N) is 3. The SMILES string of the molecule is Cc1ccc(-c2nnc(CCCNC3CC3)s2)cn1. The second kappa shape index (κ2) is 5.75. The molecule has 100 valence electrons. The minimum atomic E-state index is 0.795. The molecule has 0 bridgehead atoms. The molecule has 1 aliphatic carbocycles. The summed E-state index contributed by atoms with van der Waals surface area (Å²) in [6.07, 6.45) is 6.72. The van der Waals surface area contributed by atoms with Gasteiger partial charge in [-0.2, -0.15) is 0 Å². The molecule has 0 radical (unpaired) electrons. The van der Waals surface area contributed by atoms with E-state index < -0.39 is 0 Å². The van der Waals surface area contributed by atoms with Gasteiger partial charge >= 0.3 is 0 Å². The van der Waals surface area contributed by atoms with Crippen molar-refractivity contribution >= 4 is 11.3 Å². The highest BCUT2D eigenvalue weighted by molar-refractivity contribution is 7.14. The van der Waals surface area contributed by atoms with Crippen LogP contribution in [0.4, 0.5) is 0 Å². The summed E-state index contributed by atoms with van der Waals surface area (Å²) in [6.45, 7) is 3.08. The number of aryl methyl sites for hydroxylation is 2. The largest absolute Gasteiger partial charge is 0.314 e. The maximum absolute atomic E-state index is 4.30. The van der Waals surface area contributed by atoms with Crippen LogP contribution in [-0.2, 0) is 6.42 Å². The van der Waals surface area contributed by atoms with Crippen LogP contribution in [0.2, 0.25) is 0 Å². The van der Waals surface area contributed by atoms with Gasteiger partial charge in [-0.1, -0.05) is 11.3 Å². The van der Waals surface area contributed by atoms with E-state index in [1.54, 1.807) is 11.3 Å². The van der Waals surface area contributed by atoms with Crippen LogP contribution in [0.1, 0.15) is 30.0 Å². The molecule has 0 amide bonds. The van der Waals surface area contributed by atoms with Gasteiger partial charge in [0.05, 0.1) is 0 Å². The van der Waals surface area contributed by atoms with Gasteiger partial charge in [-0.15, -0.1) is 10.2 Å². The van der Waals surface area contributed by atoms with Crippen molar-refractivity contribution in [3.05, 3.63) is 29.0 Å². The van der Waals surface area contributed by atoms with Crippen molar-refractivity contribution < 1.29 is 0 Å². The Balaban J connectivity index is 1.54. The van der Waals surface area contributed by atoms with E-state index in [1.165, 1.54) is 12.8 Å². The van der Waals surface area contributed by atoms with Crippen molar-refractivity contribution in [3.63, 3.8) is 0 Å². The molecule has 2 heterocycles. The van der Waals surface area contributed by atoms with Gasteiger partial charge in [0.2, 0.25) is 0 Å². The van der Waals surface area contributed by atoms with Gasteiger partial charge in [0.15, 0.2) is 0 Å². The van der Waals surface area contributed by atoms with Crippen LogP contribution in [0.5, 0.6) is 0 Å². The van der Waals surface area contributed by atoms with Crippen molar-refractivity contribution in [3.8, 4) is 10.6 Å². The molecule has 2 aromatic rings. The molecular formula is C14H18N4S. The molecule has 4 nitrogen and oxygen atoms in total. The minimum absolute atomic E-state index is 0.795.